The van der Waals surface area contributed by atoms with E-state index in [0.717, 1.165) is 55.8 Å². The van der Waals surface area contributed by atoms with E-state index in [1.807, 2.05) is 12.4 Å². The Hall–Kier alpha value is -3.97. The molecule has 4 heterocycles. The number of pyridine rings is 1. The molecule has 33 heavy (non-hydrogen) atoms. The van der Waals surface area contributed by atoms with Gasteiger partial charge in [-0.15, -0.1) is 0 Å². The van der Waals surface area contributed by atoms with Crippen LogP contribution in [0.5, 0.6) is 0 Å². The van der Waals surface area contributed by atoms with E-state index in [4.69, 9.17) is 4.98 Å². The topological polar surface area (TPSA) is 82.3 Å². The molecule has 6 nitrogen and oxygen atoms in total. The molecule has 0 radical (unpaired) electrons. The van der Waals surface area contributed by atoms with Gasteiger partial charge < -0.3 is 10.3 Å². The second-order valence-corrected chi connectivity index (χ2v) is 9.17. The summed E-state index contributed by atoms with van der Waals surface area (Å²) >= 11 is 1.69. The van der Waals surface area contributed by atoms with Gasteiger partial charge in [0.2, 0.25) is 0 Å². The van der Waals surface area contributed by atoms with E-state index in [0.29, 0.717) is 6.04 Å². The summed E-state index contributed by atoms with van der Waals surface area (Å²) in [6, 6.07) is 17.1. The molecule has 3 N–H and O–H groups in total. The number of thiophene rings is 1. The first kappa shape index (κ1) is 19.7. The van der Waals surface area contributed by atoms with Crippen molar-refractivity contribution >= 4 is 39.0 Å². The van der Waals surface area contributed by atoms with Crippen molar-refractivity contribution in [1.29, 1.82) is 0 Å². The van der Waals surface area contributed by atoms with E-state index in [2.05, 4.69) is 98.6 Å². The predicted molar refractivity (Wildman–Crippen MR) is 136 cm³/mol. The van der Waals surface area contributed by atoms with Gasteiger partial charge in [0.25, 0.3) is 0 Å². The van der Waals surface area contributed by atoms with Crippen LogP contribution in [-0.4, -0.2) is 31.2 Å². The van der Waals surface area contributed by atoms with Crippen LogP contribution in [0, 0.1) is 0 Å². The van der Waals surface area contributed by atoms with Gasteiger partial charge in [-0.2, -0.15) is 16.4 Å². The lowest BCUT2D eigenvalue weighted by molar-refractivity contribution is 0.898. The molecule has 0 spiro atoms. The fourth-order valence-electron chi connectivity index (χ4n) is 4.18. The van der Waals surface area contributed by atoms with Crippen LogP contribution in [-0.2, 0) is 0 Å². The molecule has 162 valence electrons. The summed E-state index contributed by atoms with van der Waals surface area (Å²) in [6.07, 6.45) is 3.74. The second kappa shape index (κ2) is 7.86. The van der Waals surface area contributed by atoms with Gasteiger partial charge in [0.15, 0.2) is 5.82 Å². The summed E-state index contributed by atoms with van der Waals surface area (Å²) in [5.74, 6) is 0.754. The number of aromatic nitrogens is 5. The first-order valence-corrected chi connectivity index (χ1v) is 11.8. The van der Waals surface area contributed by atoms with Crippen molar-refractivity contribution in [3.05, 3.63) is 71.7 Å². The lowest BCUT2D eigenvalue weighted by Crippen LogP contribution is -2.09. The lowest BCUT2D eigenvalue weighted by atomic mass is 10.0. The third-order valence-electron chi connectivity index (χ3n) is 5.66. The van der Waals surface area contributed by atoms with Gasteiger partial charge in [-0.3, -0.25) is 10.1 Å². The summed E-state index contributed by atoms with van der Waals surface area (Å²) in [6.45, 7) is 4.24. The van der Waals surface area contributed by atoms with Crippen molar-refractivity contribution in [3.8, 4) is 33.8 Å². The predicted octanol–water partition coefficient (Wildman–Crippen LogP) is 6.72. The van der Waals surface area contributed by atoms with Crippen LogP contribution < -0.4 is 5.32 Å². The highest BCUT2D eigenvalue weighted by atomic mass is 32.1. The molecular weight excluding hydrogens is 428 g/mol. The Labute approximate surface area is 194 Å². The normalized spacial score (nSPS) is 11.6. The number of hydrogen-bond donors (Lipinski definition) is 3. The van der Waals surface area contributed by atoms with Crippen molar-refractivity contribution in [2.45, 2.75) is 19.9 Å². The monoisotopic (exact) mass is 450 g/mol. The number of nitrogens with one attached hydrogen (secondary N) is 3. The SMILES string of the molecule is CC(C)Nc1cncc(-c2ccc3[nH]nc(-c4nc5c(-c6ccsc6)cccc5[nH]4)c3c2)c1. The van der Waals surface area contributed by atoms with Crippen molar-refractivity contribution in [2.24, 2.45) is 0 Å². The Kier molecular flexibility index (Phi) is 4.69. The highest BCUT2D eigenvalue weighted by Crippen LogP contribution is 2.34. The Morgan fingerprint density at radius 1 is 0.939 bits per heavy atom. The molecule has 0 aliphatic rings. The van der Waals surface area contributed by atoms with Gasteiger partial charge in [-0.1, -0.05) is 18.2 Å². The first-order valence-electron chi connectivity index (χ1n) is 10.9. The zero-order chi connectivity index (χ0) is 22.4. The Bertz CT molecular complexity index is 1580. The van der Waals surface area contributed by atoms with E-state index in [9.17, 15) is 0 Å². The van der Waals surface area contributed by atoms with E-state index in [1.165, 1.54) is 5.56 Å². The molecule has 0 unspecified atom stereocenters. The maximum atomic E-state index is 4.95. The van der Waals surface area contributed by atoms with E-state index < -0.39 is 0 Å². The minimum Gasteiger partial charge on any atom is -0.382 e. The lowest BCUT2D eigenvalue weighted by Gasteiger charge is -2.11. The largest absolute Gasteiger partial charge is 0.382 e. The number of para-hydroxylation sites is 1. The number of hydrogen-bond acceptors (Lipinski definition) is 5. The maximum absolute atomic E-state index is 4.95. The smallest absolute Gasteiger partial charge is 0.159 e. The van der Waals surface area contributed by atoms with Crippen LogP contribution in [0.4, 0.5) is 5.69 Å². The third kappa shape index (κ3) is 3.56. The molecule has 0 aliphatic carbocycles. The van der Waals surface area contributed by atoms with Gasteiger partial charge in [0.1, 0.15) is 5.69 Å². The van der Waals surface area contributed by atoms with Crippen molar-refractivity contribution in [3.63, 3.8) is 0 Å². The number of benzene rings is 2. The Balaban J connectivity index is 1.45. The number of rotatable bonds is 5. The van der Waals surface area contributed by atoms with Gasteiger partial charge in [0.05, 0.1) is 22.2 Å². The molecule has 0 atom stereocenters. The quantitative estimate of drug-likeness (QED) is 0.272. The molecule has 2 aromatic carbocycles. The molecule has 0 saturated carbocycles. The number of aromatic amines is 2. The first-order chi connectivity index (χ1) is 16.2. The molecule has 4 aromatic heterocycles. The number of fused-ring (bicyclic) bond motifs is 2. The molecule has 7 heteroatoms. The summed E-state index contributed by atoms with van der Waals surface area (Å²) in [7, 11) is 0. The van der Waals surface area contributed by atoms with Crippen LogP contribution >= 0.6 is 11.3 Å². The van der Waals surface area contributed by atoms with Crippen molar-refractivity contribution < 1.29 is 0 Å². The van der Waals surface area contributed by atoms with Crippen LogP contribution in [0.1, 0.15) is 13.8 Å². The molecule has 6 rings (SSSR count). The number of H-pyrrole nitrogens is 2. The average Bonchev–Trinajstić information content (AvgIpc) is 3.57. The fourth-order valence-corrected chi connectivity index (χ4v) is 4.84. The number of anilines is 1. The van der Waals surface area contributed by atoms with Crippen molar-refractivity contribution in [2.75, 3.05) is 5.32 Å². The molecule has 0 bridgehead atoms. The van der Waals surface area contributed by atoms with Crippen molar-refractivity contribution in [1.82, 2.24) is 25.1 Å². The molecule has 0 saturated heterocycles. The zero-order valence-corrected chi connectivity index (χ0v) is 19.1. The molecule has 0 amide bonds. The molecule has 6 aromatic rings. The van der Waals surface area contributed by atoms with Gasteiger partial charge in [-0.25, -0.2) is 4.98 Å². The van der Waals surface area contributed by atoms with Gasteiger partial charge >= 0.3 is 0 Å². The van der Waals surface area contributed by atoms with Gasteiger partial charge in [0, 0.05) is 34.9 Å². The van der Waals surface area contributed by atoms with Crippen LogP contribution in [0.25, 0.3) is 55.7 Å². The van der Waals surface area contributed by atoms with Crippen LogP contribution in [0.15, 0.2) is 71.7 Å². The number of nitrogens with zero attached hydrogens (tertiary/aromatic N) is 3. The van der Waals surface area contributed by atoms with Crippen LogP contribution in [0.3, 0.4) is 0 Å². The highest BCUT2D eigenvalue weighted by molar-refractivity contribution is 7.08. The minimum absolute atomic E-state index is 0.345. The highest BCUT2D eigenvalue weighted by Gasteiger charge is 2.16. The maximum Gasteiger partial charge on any atom is 0.159 e. The standard InChI is InChI=1S/C26H22N6S/c1-15(2)28-19-10-18(12-27-13-19)16-6-7-22-21(11-16)25(32-31-22)26-29-23-5-3-4-20(24(23)30-26)17-8-9-33-14-17/h3-15,28H,1-2H3,(H,29,30)(H,31,32). The third-order valence-corrected chi connectivity index (χ3v) is 6.34. The number of imidazole rings is 1. The van der Waals surface area contributed by atoms with E-state index >= 15 is 0 Å². The summed E-state index contributed by atoms with van der Waals surface area (Å²) in [5.41, 5.74) is 9.18. The molecular formula is C26H22N6S. The van der Waals surface area contributed by atoms with Gasteiger partial charge in [-0.05, 0) is 66.1 Å². The summed E-state index contributed by atoms with van der Waals surface area (Å²) in [5, 5.41) is 16.4. The molecule has 0 fully saturated rings. The Morgan fingerprint density at radius 2 is 1.88 bits per heavy atom. The van der Waals surface area contributed by atoms with E-state index in [-0.39, 0.29) is 0 Å². The Morgan fingerprint density at radius 3 is 2.73 bits per heavy atom. The zero-order valence-electron chi connectivity index (χ0n) is 18.3. The average molecular weight is 451 g/mol. The summed E-state index contributed by atoms with van der Waals surface area (Å²) < 4.78 is 0. The van der Waals surface area contributed by atoms with E-state index in [1.54, 1.807) is 11.3 Å². The van der Waals surface area contributed by atoms with Crippen LogP contribution in [0.2, 0.25) is 0 Å². The fraction of sp³-hybridized carbons (Fsp3) is 0.115. The molecule has 0 aliphatic heterocycles. The second-order valence-electron chi connectivity index (χ2n) is 8.39. The summed E-state index contributed by atoms with van der Waals surface area (Å²) in [4.78, 5) is 12.8. The minimum atomic E-state index is 0.345.